The van der Waals surface area contributed by atoms with E-state index in [1.165, 1.54) is 37.4 Å². The Morgan fingerprint density at radius 1 is 1.25 bits per heavy atom. The molecule has 142 valence electrons. The summed E-state index contributed by atoms with van der Waals surface area (Å²) >= 11 is 1.49. The summed E-state index contributed by atoms with van der Waals surface area (Å²) in [5, 5.41) is 19.5. The number of nitrogens with zero attached hydrogens (tertiary/aromatic N) is 5. The Morgan fingerprint density at radius 3 is 2.82 bits per heavy atom. The second-order valence-corrected chi connectivity index (χ2v) is 8.82. The lowest BCUT2D eigenvalue weighted by Crippen LogP contribution is -2.23. The van der Waals surface area contributed by atoms with Crippen LogP contribution in [-0.4, -0.2) is 19.7 Å². The summed E-state index contributed by atoms with van der Waals surface area (Å²) in [5.41, 5.74) is 0.553. The molecule has 0 N–H and O–H groups in total. The van der Waals surface area contributed by atoms with Gasteiger partial charge in [-0.2, -0.15) is 5.26 Å². The molecule has 3 aromatic heterocycles. The SMILES string of the molecule is C[C@H]([C@@H]1C[C@H]2CC[C@H]1C2)n1c(Sc2ccc(C#N)cn2)nnc1-c1ccco1. The molecule has 3 aromatic rings. The molecule has 7 heteroatoms. The van der Waals surface area contributed by atoms with Gasteiger partial charge >= 0.3 is 0 Å². The average molecular weight is 392 g/mol. The molecule has 0 spiro atoms. The molecule has 0 saturated heterocycles. The molecule has 5 rings (SSSR count). The van der Waals surface area contributed by atoms with Crippen molar-refractivity contribution in [2.24, 2.45) is 17.8 Å². The maximum Gasteiger partial charge on any atom is 0.200 e. The quantitative estimate of drug-likeness (QED) is 0.612. The van der Waals surface area contributed by atoms with E-state index in [1.54, 1.807) is 18.5 Å². The monoisotopic (exact) mass is 391 g/mol. The molecule has 2 aliphatic rings. The molecule has 0 aromatic carbocycles. The van der Waals surface area contributed by atoms with Crippen LogP contribution in [0, 0.1) is 29.1 Å². The van der Waals surface area contributed by atoms with E-state index in [1.807, 2.05) is 18.2 Å². The first kappa shape index (κ1) is 17.5. The molecular weight excluding hydrogens is 370 g/mol. The van der Waals surface area contributed by atoms with E-state index in [-0.39, 0.29) is 0 Å². The van der Waals surface area contributed by atoms with Gasteiger partial charge in [-0.3, -0.25) is 4.57 Å². The number of pyridine rings is 1. The smallest absolute Gasteiger partial charge is 0.200 e. The molecule has 0 radical (unpaired) electrons. The lowest BCUT2D eigenvalue weighted by molar-refractivity contribution is 0.235. The van der Waals surface area contributed by atoms with Gasteiger partial charge in [-0.25, -0.2) is 4.98 Å². The number of aromatic nitrogens is 4. The van der Waals surface area contributed by atoms with Gasteiger partial charge in [0.2, 0.25) is 5.82 Å². The molecule has 2 saturated carbocycles. The Labute approximate surface area is 168 Å². The van der Waals surface area contributed by atoms with Crippen molar-refractivity contribution in [1.29, 1.82) is 5.26 Å². The molecule has 0 unspecified atom stereocenters. The highest BCUT2D eigenvalue weighted by Crippen LogP contribution is 2.53. The predicted molar refractivity (Wildman–Crippen MR) is 104 cm³/mol. The second kappa shape index (κ2) is 7.10. The first-order valence-corrected chi connectivity index (χ1v) is 10.6. The van der Waals surface area contributed by atoms with Gasteiger partial charge in [-0.15, -0.1) is 10.2 Å². The second-order valence-electron chi connectivity index (χ2n) is 7.83. The summed E-state index contributed by atoms with van der Waals surface area (Å²) in [6, 6.07) is 9.86. The summed E-state index contributed by atoms with van der Waals surface area (Å²) in [5.74, 6) is 3.85. The van der Waals surface area contributed by atoms with Crippen LogP contribution in [0.2, 0.25) is 0 Å². The highest BCUT2D eigenvalue weighted by Gasteiger charge is 2.43. The summed E-state index contributed by atoms with van der Waals surface area (Å²) in [6.07, 6.45) is 8.66. The van der Waals surface area contributed by atoms with E-state index in [2.05, 4.69) is 32.7 Å². The number of rotatable bonds is 5. The van der Waals surface area contributed by atoms with E-state index < -0.39 is 0 Å². The minimum absolute atomic E-state index is 0.297. The Hall–Kier alpha value is -2.59. The van der Waals surface area contributed by atoms with Crippen LogP contribution in [-0.2, 0) is 0 Å². The summed E-state index contributed by atoms with van der Waals surface area (Å²) in [6.45, 7) is 2.29. The van der Waals surface area contributed by atoms with Crippen molar-refractivity contribution < 1.29 is 4.42 Å². The van der Waals surface area contributed by atoms with Crippen LogP contribution >= 0.6 is 11.8 Å². The first-order chi connectivity index (χ1) is 13.7. The van der Waals surface area contributed by atoms with Gasteiger partial charge in [-0.05, 0) is 80.0 Å². The van der Waals surface area contributed by atoms with Crippen LogP contribution in [0.25, 0.3) is 11.6 Å². The molecule has 2 bridgehead atoms. The largest absolute Gasteiger partial charge is 0.461 e. The Balaban J connectivity index is 1.51. The van der Waals surface area contributed by atoms with Crippen molar-refractivity contribution in [1.82, 2.24) is 19.7 Å². The number of furan rings is 1. The number of fused-ring (bicyclic) bond motifs is 2. The summed E-state index contributed by atoms with van der Waals surface area (Å²) in [7, 11) is 0. The topological polar surface area (TPSA) is 80.5 Å². The van der Waals surface area contributed by atoms with Crippen molar-refractivity contribution in [3.63, 3.8) is 0 Å². The third-order valence-corrected chi connectivity index (χ3v) is 7.20. The van der Waals surface area contributed by atoms with Crippen LogP contribution in [0.15, 0.2) is 51.3 Å². The highest BCUT2D eigenvalue weighted by atomic mass is 32.2. The van der Waals surface area contributed by atoms with Crippen molar-refractivity contribution in [3.05, 3.63) is 42.3 Å². The number of nitriles is 1. The van der Waals surface area contributed by atoms with Crippen molar-refractivity contribution in [2.75, 3.05) is 0 Å². The van der Waals surface area contributed by atoms with Crippen molar-refractivity contribution in [2.45, 2.75) is 48.8 Å². The Kier molecular flexibility index (Phi) is 4.44. The van der Waals surface area contributed by atoms with Gasteiger partial charge < -0.3 is 4.42 Å². The molecule has 4 atom stereocenters. The van der Waals surface area contributed by atoms with Crippen LogP contribution in [0.1, 0.15) is 44.2 Å². The molecule has 6 nitrogen and oxygen atoms in total. The molecule has 2 aliphatic carbocycles. The number of hydrogen-bond acceptors (Lipinski definition) is 6. The fraction of sp³-hybridized carbons (Fsp3) is 0.429. The van der Waals surface area contributed by atoms with Crippen LogP contribution < -0.4 is 0 Å². The van der Waals surface area contributed by atoms with Gasteiger partial charge in [0.05, 0.1) is 11.8 Å². The van der Waals surface area contributed by atoms with Crippen LogP contribution in [0.3, 0.4) is 0 Å². The zero-order chi connectivity index (χ0) is 19.1. The summed E-state index contributed by atoms with van der Waals surface area (Å²) < 4.78 is 7.88. The lowest BCUT2D eigenvalue weighted by atomic mass is 9.84. The fourth-order valence-electron chi connectivity index (χ4n) is 4.96. The maximum atomic E-state index is 8.98. The fourth-order valence-corrected chi connectivity index (χ4v) is 5.83. The van der Waals surface area contributed by atoms with Gasteiger partial charge in [-0.1, -0.05) is 6.42 Å². The minimum Gasteiger partial charge on any atom is -0.461 e. The van der Waals surface area contributed by atoms with Gasteiger partial charge in [0, 0.05) is 12.2 Å². The normalized spacial score (nSPS) is 24.4. The van der Waals surface area contributed by atoms with Crippen LogP contribution in [0.5, 0.6) is 0 Å². The van der Waals surface area contributed by atoms with E-state index >= 15 is 0 Å². The molecule has 3 heterocycles. The molecule has 0 aliphatic heterocycles. The standard InChI is InChI=1S/C21H21N5OS/c1-13(17-10-14-4-6-16(17)9-14)26-20(18-3-2-8-27-18)24-25-21(26)28-19-7-5-15(11-22)12-23-19/h2-3,5,7-8,12-14,16-17H,4,6,9-10H2,1H3/t13-,14+,16+,17+/m1/s1. The Morgan fingerprint density at radius 2 is 2.18 bits per heavy atom. The zero-order valence-corrected chi connectivity index (χ0v) is 16.5. The Bertz CT molecular complexity index is 1000. The van der Waals surface area contributed by atoms with Gasteiger partial charge in [0.15, 0.2) is 10.9 Å². The molecule has 0 amide bonds. The zero-order valence-electron chi connectivity index (χ0n) is 15.7. The molecular formula is C21H21N5OS. The van der Waals surface area contributed by atoms with E-state index in [0.717, 1.165) is 33.6 Å². The summed E-state index contributed by atoms with van der Waals surface area (Å²) in [4.78, 5) is 4.39. The van der Waals surface area contributed by atoms with Gasteiger partial charge in [0.25, 0.3) is 0 Å². The van der Waals surface area contributed by atoms with E-state index in [4.69, 9.17) is 9.68 Å². The third-order valence-electron chi connectivity index (χ3n) is 6.29. The first-order valence-electron chi connectivity index (χ1n) is 9.75. The minimum atomic E-state index is 0.297. The van der Waals surface area contributed by atoms with Gasteiger partial charge in [0.1, 0.15) is 11.1 Å². The molecule has 2 fully saturated rings. The lowest BCUT2D eigenvalue weighted by Gasteiger charge is -2.30. The van der Waals surface area contributed by atoms with E-state index in [9.17, 15) is 0 Å². The third kappa shape index (κ3) is 3.02. The maximum absolute atomic E-state index is 8.98. The van der Waals surface area contributed by atoms with Crippen molar-refractivity contribution >= 4 is 11.8 Å². The van der Waals surface area contributed by atoms with E-state index in [0.29, 0.717) is 17.5 Å². The average Bonchev–Trinajstić information content (AvgIpc) is 3.51. The van der Waals surface area contributed by atoms with Crippen molar-refractivity contribution in [3.8, 4) is 17.7 Å². The highest BCUT2D eigenvalue weighted by molar-refractivity contribution is 7.99. The predicted octanol–water partition coefficient (Wildman–Crippen LogP) is 4.95. The van der Waals surface area contributed by atoms with Crippen LogP contribution in [0.4, 0.5) is 0 Å². The number of hydrogen-bond donors (Lipinski definition) is 0. The molecule has 28 heavy (non-hydrogen) atoms.